The molecule has 1 aliphatic heterocycles. The van der Waals surface area contributed by atoms with E-state index in [-0.39, 0.29) is 11.8 Å². The van der Waals surface area contributed by atoms with Crippen LogP contribution in [0.15, 0.2) is 48.8 Å². The molecule has 0 saturated carbocycles. The molecule has 7 nitrogen and oxygen atoms in total. The van der Waals surface area contributed by atoms with Gasteiger partial charge in [-0.3, -0.25) is 19.5 Å². The summed E-state index contributed by atoms with van der Waals surface area (Å²) in [4.78, 5) is 37.9. The Bertz CT molecular complexity index is 887. The second kappa shape index (κ2) is 11.7. The van der Waals surface area contributed by atoms with E-state index in [4.69, 9.17) is 0 Å². The highest BCUT2D eigenvalue weighted by Crippen LogP contribution is 2.24. The van der Waals surface area contributed by atoms with Crippen molar-refractivity contribution < 1.29 is 9.59 Å². The van der Waals surface area contributed by atoms with Gasteiger partial charge in [0.25, 0.3) is 0 Å². The van der Waals surface area contributed by atoms with E-state index in [1.165, 1.54) is 5.56 Å². The molecule has 0 atom stereocenters. The third-order valence-electron chi connectivity index (χ3n) is 5.72. The van der Waals surface area contributed by atoms with E-state index in [0.29, 0.717) is 26.2 Å². The fourth-order valence-corrected chi connectivity index (χ4v) is 4.18. The number of rotatable bonds is 4. The van der Waals surface area contributed by atoms with Gasteiger partial charge in [0, 0.05) is 64.3 Å². The molecule has 7 heteroatoms. The van der Waals surface area contributed by atoms with E-state index >= 15 is 0 Å². The first-order chi connectivity index (χ1) is 15.4. The fourth-order valence-electron chi connectivity index (χ4n) is 4.18. The van der Waals surface area contributed by atoms with Crippen LogP contribution in [-0.4, -0.2) is 78.3 Å². The van der Waals surface area contributed by atoms with E-state index in [1.54, 1.807) is 13.1 Å². The minimum atomic E-state index is 0.0273. The van der Waals surface area contributed by atoms with Crippen LogP contribution in [0.1, 0.15) is 30.9 Å². The summed E-state index contributed by atoms with van der Waals surface area (Å²) in [7, 11) is 3.82. The lowest BCUT2D eigenvalue weighted by Crippen LogP contribution is -2.41. The summed E-state index contributed by atoms with van der Waals surface area (Å²) >= 11 is 0. The summed E-state index contributed by atoms with van der Waals surface area (Å²) in [5, 5.41) is 0. The molecule has 0 saturated heterocycles. The second-order valence-corrected chi connectivity index (χ2v) is 8.70. The van der Waals surface area contributed by atoms with Crippen molar-refractivity contribution in [2.45, 2.75) is 32.9 Å². The molecule has 0 aliphatic carbocycles. The lowest BCUT2D eigenvalue weighted by molar-refractivity contribution is -0.132. The molecule has 3 rings (SSSR count). The van der Waals surface area contributed by atoms with E-state index in [9.17, 15) is 9.59 Å². The number of fused-ring (bicyclic) bond motifs is 1. The van der Waals surface area contributed by atoms with Gasteiger partial charge in [-0.15, -0.1) is 0 Å². The van der Waals surface area contributed by atoms with Gasteiger partial charge in [-0.1, -0.05) is 24.3 Å². The zero-order chi connectivity index (χ0) is 22.9. The first-order valence-corrected chi connectivity index (χ1v) is 11.3. The number of benzene rings is 1. The topological polar surface area (TPSA) is 60.0 Å². The third-order valence-corrected chi connectivity index (χ3v) is 5.72. The largest absolute Gasteiger partial charge is 0.337 e. The Balaban J connectivity index is 1.85. The van der Waals surface area contributed by atoms with Gasteiger partial charge in [-0.05, 0) is 50.2 Å². The van der Waals surface area contributed by atoms with Crippen molar-refractivity contribution in [3.63, 3.8) is 0 Å². The minimum absolute atomic E-state index is 0.0273. The van der Waals surface area contributed by atoms with Crippen LogP contribution in [0.3, 0.4) is 0 Å². The molecule has 32 heavy (non-hydrogen) atoms. The third kappa shape index (κ3) is 6.87. The maximum Gasteiger partial charge on any atom is 0.237 e. The first-order valence-electron chi connectivity index (χ1n) is 11.3. The Morgan fingerprint density at radius 2 is 1.75 bits per heavy atom. The molecule has 0 bridgehead atoms. The van der Waals surface area contributed by atoms with Crippen molar-refractivity contribution in [2.24, 2.45) is 0 Å². The predicted octanol–water partition coefficient (Wildman–Crippen LogP) is 2.62. The van der Waals surface area contributed by atoms with Crippen LogP contribution in [0, 0.1) is 0 Å². The molecule has 0 radical (unpaired) electrons. The Morgan fingerprint density at radius 3 is 2.44 bits per heavy atom. The van der Waals surface area contributed by atoms with Crippen molar-refractivity contribution in [3.8, 4) is 0 Å². The van der Waals surface area contributed by atoms with Crippen molar-refractivity contribution in [2.75, 3.05) is 51.7 Å². The van der Waals surface area contributed by atoms with Crippen LogP contribution in [-0.2, 0) is 22.7 Å². The van der Waals surface area contributed by atoms with Crippen LogP contribution in [0.4, 0.5) is 5.69 Å². The summed E-state index contributed by atoms with van der Waals surface area (Å²) in [6.07, 6.45) is 5.48. The van der Waals surface area contributed by atoms with Crippen molar-refractivity contribution in [1.82, 2.24) is 19.7 Å². The van der Waals surface area contributed by atoms with Gasteiger partial charge < -0.3 is 14.7 Å². The summed E-state index contributed by atoms with van der Waals surface area (Å²) in [6.45, 7) is 6.43. The number of nitrogens with zero attached hydrogens (tertiary/aromatic N) is 5. The monoisotopic (exact) mass is 437 g/mol. The number of amides is 2. The maximum absolute atomic E-state index is 13.0. The number of carbonyl (C=O) groups excluding carboxylic acids is 2. The number of carbonyl (C=O) groups is 2. The molecule has 1 aliphatic rings. The van der Waals surface area contributed by atoms with Gasteiger partial charge in [-0.2, -0.15) is 0 Å². The molecule has 1 aromatic heterocycles. The molecule has 2 aromatic rings. The zero-order valence-electron chi connectivity index (χ0n) is 19.5. The zero-order valence-corrected chi connectivity index (χ0v) is 19.5. The number of para-hydroxylation sites is 1. The Labute approximate surface area is 191 Å². The quantitative estimate of drug-likeness (QED) is 0.736. The summed E-state index contributed by atoms with van der Waals surface area (Å²) in [5.41, 5.74) is 3.10. The smallest absolute Gasteiger partial charge is 0.237 e. The van der Waals surface area contributed by atoms with E-state index in [0.717, 1.165) is 43.7 Å². The molecular weight excluding hydrogens is 402 g/mol. The summed E-state index contributed by atoms with van der Waals surface area (Å²) in [6, 6.07) is 12.0. The van der Waals surface area contributed by atoms with Crippen molar-refractivity contribution in [1.29, 1.82) is 0 Å². The SMILES string of the molecule is CC(=O)N1CCCN(Cc2cccnc2)CCCN(C(=O)CN(C)C)Cc2ccccc21. The molecule has 0 unspecified atom stereocenters. The Hall–Kier alpha value is -2.77. The van der Waals surface area contributed by atoms with Crippen LogP contribution < -0.4 is 4.90 Å². The van der Waals surface area contributed by atoms with Crippen LogP contribution in [0.5, 0.6) is 0 Å². The van der Waals surface area contributed by atoms with Crippen molar-refractivity contribution >= 4 is 17.5 Å². The predicted molar refractivity (Wildman–Crippen MR) is 127 cm³/mol. The number of hydrogen-bond acceptors (Lipinski definition) is 5. The number of hydrogen-bond donors (Lipinski definition) is 0. The van der Waals surface area contributed by atoms with Gasteiger partial charge in [0.15, 0.2) is 0 Å². The average molecular weight is 438 g/mol. The number of anilines is 1. The van der Waals surface area contributed by atoms with Gasteiger partial charge >= 0.3 is 0 Å². The molecule has 172 valence electrons. The van der Waals surface area contributed by atoms with Crippen LogP contribution in [0.2, 0.25) is 0 Å². The van der Waals surface area contributed by atoms with Gasteiger partial charge in [0.1, 0.15) is 0 Å². The first kappa shape index (κ1) is 23.9. The van der Waals surface area contributed by atoms with Crippen molar-refractivity contribution in [3.05, 3.63) is 59.9 Å². The normalized spacial score (nSPS) is 16.2. The molecular formula is C25H35N5O2. The van der Waals surface area contributed by atoms with Gasteiger partial charge in [0.2, 0.25) is 11.8 Å². The van der Waals surface area contributed by atoms with E-state index < -0.39 is 0 Å². The standard InChI is InChI=1S/C25H35N5O2/c1-21(31)30-16-8-14-28(18-22-9-6-12-26-17-22)13-7-15-29(25(32)20-27(2)3)19-23-10-4-5-11-24(23)30/h4-6,9-12,17H,7-8,13-16,18-20H2,1-3H3. The Morgan fingerprint density at radius 1 is 1.00 bits per heavy atom. The van der Waals surface area contributed by atoms with E-state index in [1.807, 2.05) is 65.3 Å². The van der Waals surface area contributed by atoms with Crippen LogP contribution >= 0.6 is 0 Å². The molecule has 2 amide bonds. The van der Waals surface area contributed by atoms with E-state index in [2.05, 4.69) is 16.0 Å². The number of pyridine rings is 1. The highest BCUT2D eigenvalue weighted by atomic mass is 16.2. The second-order valence-electron chi connectivity index (χ2n) is 8.70. The molecule has 0 fully saturated rings. The minimum Gasteiger partial charge on any atom is -0.337 e. The van der Waals surface area contributed by atoms with Gasteiger partial charge in [-0.25, -0.2) is 0 Å². The lowest BCUT2D eigenvalue weighted by Gasteiger charge is -2.31. The molecule has 0 N–H and O–H groups in total. The average Bonchev–Trinajstić information content (AvgIpc) is 2.75. The highest BCUT2D eigenvalue weighted by Gasteiger charge is 2.21. The summed E-state index contributed by atoms with van der Waals surface area (Å²) < 4.78 is 0. The number of aromatic nitrogens is 1. The number of likely N-dealkylation sites (N-methyl/N-ethyl adjacent to an activating group) is 1. The van der Waals surface area contributed by atoms with Crippen LogP contribution in [0.25, 0.3) is 0 Å². The fraction of sp³-hybridized carbons (Fsp3) is 0.480. The highest BCUT2D eigenvalue weighted by molar-refractivity contribution is 5.92. The Kier molecular flexibility index (Phi) is 8.76. The molecule has 1 aromatic carbocycles. The lowest BCUT2D eigenvalue weighted by atomic mass is 10.1. The molecule has 2 heterocycles. The molecule has 0 spiro atoms. The van der Waals surface area contributed by atoms with Gasteiger partial charge in [0.05, 0.1) is 6.54 Å². The maximum atomic E-state index is 13.0. The summed E-state index contributed by atoms with van der Waals surface area (Å²) in [5.74, 6) is 0.134.